The van der Waals surface area contributed by atoms with Gasteiger partial charge in [-0.05, 0) is 86.4 Å². The number of fused-ring (bicyclic) bond motifs is 5. The van der Waals surface area contributed by atoms with Crippen LogP contribution in [-0.4, -0.2) is 47.7 Å². The van der Waals surface area contributed by atoms with E-state index in [4.69, 9.17) is 13.3 Å². The van der Waals surface area contributed by atoms with Crippen molar-refractivity contribution in [3.05, 3.63) is 0 Å². The summed E-state index contributed by atoms with van der Waals surface area (Å²) >= 11 is 0. The van der Waals surface area contributed by atoms with E-state index >= 15 is 0 Å². The minimum atomic E-state index is -4.80. The lowest BCUT2D eigenvalue weighted by Crippen LogP contribution is -2.57. The van der Waals surface area contributed by atoms with Gasteiger partial charge in [0.1, 0.15) is 0 Å². The van der Waals surface area contributed by atoms with Gasteiger partial charge in [0, 0.05) is 18.8 Å². The van der Waals surface area contributed by atoms with E-state index in [-0.39, 0.29) is 35.5 Å². The largest absolute Gasteiger partial charge is 0.400 e. The van der Waals surface area contributed by atoms with Crippen LogP contribution in [0.1, 0.15) is 78.6 Å². The molecule has 0 aromatic rings. The Hall–Kier alpha value is -0.340. The Morgan fingerprint density at radius 3 is 2.09 bits per heavy atom. The highest BCUT2D eigenvalue weighted by Crippen LogP contribution is 2.69. The fourth-order valence-electron chi connectivity index (χ4n) is 8.63. The molecule has 9 atom stereocenters. The third-order valence-electron chi connectivity index (χ3n) is 9.87. The topological polar surface area (TPSA) is 168 Å². The summed E-state index contributed by atoms with van der Waals surface area (Å²) in [6.45, 7) is 5.59. The first-order valence-corrected chi connectivity index (χ1v) is 14.4. The summed E-state index contributed by atoms with van der Waals surface area (Å²) in [5, 5.41) is 21.6. The Bertz CT molecular complexity index is 995. The molecule has 4 saturated carbocycles. The maximum Gasteiger partial charge on any atom is 0.400 e. The van der Waals surface area contributed by atoms with Crippen LogP contribution in [0.3, 0.4) is 0 Å². The second kappa shape index (κ2) is 7.83. The molecule has 10 nitrogen and oxygen atoms in total. The molecule has 4 aliphatic carbocycles. The number of hydrogen-bond donors (Lipinski definition) is 4. The first kappa shape index (κ1) is 25.7. The lowest BCUT2D eigenvalue weighted by Gasteiger charge is -2.62. The van der Waals surface area contributed by atoms with Gasteiger partial charge in [-0.25, -0.2) is 8.37 Å². The number of aliphatic hydroxyl groups is 2. The number of rotatable bonds is 5. The Labute approximate surface area is 196 Å². The van der Waals surface area contributed by atoms with Crippen molar-refractivity contribution in [1.82, 2.24) is 0 Å². The summed E-state index contributed by atoms with van der Waals surface area (Å²) in [4.78, 5) is 0. The zero-order chi connectivity index (χ0) is 24.7. The quantitative estimate of drug-likeness (QED) is 0.317. The lowest BCUT2D eigenvalue weighted by atomic mass is 9.44. The van der Waals surface area contributed by atoms with E-state index in [1.807, 2.05) is 0 Å². The second-order valence-electron chi connectivity index (χ2n) is 11.6. The molecule has 0 aromatic carbocycles. The van der Waals surface area contributed by atoms with E-state index in [1.165, 1.54) is 6.92 Å². The number of hydrogen-bond acceptors (Lipinski definition) is 8. The van der Waals surface area contributed by atoms with Crippen LogP contribution in [0.4, 0.5) is 0 Å². The van der Waals surface area contributed by atoms with Crippen molar-refractivity contribution < 1.29 is 44.5 Å². The van der Waals surface area contributed by atoms with Crippen LogP contribution in [-0.2, 0) is 29.2 Å². The SMILES string of the molecule is CC(O)(OS(=O)(=O)O)[C@H]1CC[C@H]2[C@@H]3CCC4CC(O)(OS(=O)(=O)O)CC[C@]4(C)[C@H]3CC[C@]12C. The van der Waals surface area contributed by atoms with Crippen LogP contribution < -0.4 is 0 Å². The van der Waals surface area contributed by atoms with Gasteiger partial charge in [-0.2, -0.15) is 16.8 Å². The van der Waals surface area contributed by atoms with Gasteiger partial charge in [-0.3, -0.25) is 9.11 Å². The molecule has 0 heterocycles. The van der Waals surface area contributed by atoms with Crippen molar-refractivity contribution in [2.75, 3.05) is 0 Å². The highest BCUT2D eigenvalue weighted by molar-refractivity contribution is 7.81. The van der Waals surface area contributed by atoms with E-state index in [2.05, 4.69) is 18.0 Å². The van der Waals surface area contributed by atoms with Gasteiger partial charge in [-0.15, -0.1) is 0 Å². The van der Waals surface area contributed by atoms with Crippen LogP contribution in [0, 0.1) is 40.4 Å². The van der Waals surface area contributed by atoms with Crippen LogP contribution in [0.25, 0.3) is 0 Å². The Balaban J connectivity index is 1.55. The summed E-state index contributed by atoms with van der Waals surface area (Å²) in [7, 11) is -9.57. The molecule has 0 aromatic heterocycles. The van der Waals surface area contributed by atoms with Crippen molar-refractivity contribution in [3.8, 4) is 0 Å². The lowest BCUT2D eigenvalue weighted by molar-refractivity contribution is -0.229. The van der Waals surface area contributed by atoms with Crippen molar-refractivity contribution in [2.45, 2.75) is 90.1 Å². The van der Waals surface area contributed by atoms with E-state index < -0.39 is 38.3 Å². The molecule has 4 N–H and O–H groups in total. The van der Waals surface area contributed by atoms with E-state index in [0.717, 1.165) is 32.1 Å². The van der Waals surface area contributed by atoms with Crippen molar-refractivity contribution >= 4 is 20.8 Å². The molecule has 33 heavy (non-hydrogen) atoms. The standard InChI is InChI=1S/C21H36O10S2/c1-18-10-11-21(23,31-33(27,28)29)12-13(18)4-5-14-15-6-7-17(19(15,2)9-8-16(14)18)20(3,22)30-32(24,25)26/h13-17,22-23H,4-12H2,1-3H3,(H,24,25,26)(H,27,28,29)/t13?,14-,15-,16-,17-,18-,19-,20?,21?/m0/s1. The maximum atomic E-state index is 11.3. The molecule has 0 spiro atoms. The normalized spacial score (nSPS) is 47.8. The van der Waals surface area contributed by atoms with Gasteiger partial charge < -0.3 is 10.2 Å². The van der Waals surface area contributed by atoms with Gasteiger partial charge in [0.05, 0.1) is 0 Å². The molecule has 4 rings (SSSR count). The minimum Gasteiger partial charge on any atom is -0.364 e. The zero-order valence-electron chi connectivity index (χ0n) is 19.3. The van der Waals surface area contributed by atoms with Gasteiger partial charge in [-0.1, -0.05) is 13.8 Å². The molecule has 4 fully saturated rings. The summed E-state index contributed by atoms with van der Waals surface area (Å²) in [5.74, 6) is -3.33. The molecule has 0 saturated heterocycles. The summed E-state index contributed by atoms with van der Waals surface area (Å²) in [6.07, 6.45) is 5.53. The van der Waals surface area contributed by atoms with Gasteiger partial charge in [0.15, 0.2) is 11.6 Å². The maximum absolute atomic E-state index is 11.3. The average molecular weight is 513 g/mol. The third-order valence-corrected chi connectivity index (χ3v) is 10.9. The molecule has 0 amide bonds. The zero-order valence-corrected chi connectivity index (χ0v) is 20.9. The summed E-state index contributed by atoms with van der Waals surface area (Å²) in [5.41, 5.74) is -0.466. The van der Waals surface area contributed by atoms with Crippen molar-refractivity contribution in [2.24, 2.45) is 40.4 Å². The molecule has 3 unspecified atom stereocenters. The van der Waals surface area contributed by atoms with Crippen molar-refractivity contribution in [3.63, 3.8) is 0 Å². The monoisotopic (exact) mass is 512 g/mol. The molecule has 0 bridgehead atoms. The fraction of sp³-hybridized carbons (Fsp3) is 1.00. The highest BCUT2D eigenvalue weighted by atomic mass is 32.3. The smallest absolute Gasteiger partial charge is 0.364 e. The van der Waals surface area contributed by atoms with Gasteiger partial charge in [0.2, 0.25) is 0 Å². The first-order chi connectivity index (χ1) is 14.9. The van der Waals surface area contributed by atoms with E-state index in [0.29, 0.717) is 24.7 Å². The van der Waals surface area contributed by atoms with Crippen molar-refractivity contribution in [1.29, 1.82) is 0 Å². The van der Waals surface area contributed by atoms with Gasteiger partial charge >= 0.3 is 20.8 Å². The summed E-state index contributed by atoms with van der Waals surface area (Å²) < 4.78 is 72.7. The molecule has 12 heteroatoms. The van der Waals surface area contributed by atoms with Crippen LogP contribution in [0.5, 0.6) is 0 Å². The molecule has 4 aliphatic rings. The predicted molar refractivity (Wildman–Crippen MR) is 116 cm³/mol. The van der Waals surface area contributed by atoms with E-state index in [1.54, 1.807) is 0 Å². The van der Waals surface area contributed by atoms with E-state index in [9.17, 15) is 27.0 Å². The summed E-state index contributed by atoms with van der Waals surface area (Å²) in [6, 6.07) is 0. The molecule has 0 radical (unpaired) electrons. The first-order valence-electron chi connectivity index (χ1n) is 11.7. The predicted octanol–water partition coefficient (Wildman–Crippen LogP) is 2.68. The van der Waals surface area contributed by atoms with Crippen LogP contribution >= 0.6 is 0 Å². The Morgan fingerprint density at radius 2 is 1.48 bits per heavy atom. The Kier molecular flexibility index (Phi) is 6.11. The Morgan fingerprint density at radius 1 is 0.848 bits per heavy atom. The molecule has 192 valence electrons. The van der Waals surface area contributed by atoms with Crippen LogP contribution in [0.15, 0.2) is 0 Å². The molecular weight excluding hydrogens is 476 g/mol. The molecule has 0 aliphatic heterocycles. The molecular formula is C21H36O10S2. The fourth-order valence-corrected chi connectivity index (χ4v) is 9.72. The third kappa shape index (κ3) is 4.62. The van der Waals surface area contributed by atoms with Crippen LogP contribution in [0.2, 0.25) is 0 Å². The van der Waals surface area contributed by atoms with Gasteiger partial charge in [0.25, 0.3) is 0 Å². The second-order valence-corrected chi connectivity index (χ2v) is 13.6. The average Bonchev–Trinajstić information content (AvgIpc) is 2.97. The highest BCUT2D eigenvalue weighted by Gasteiger charge is 2.64. The minimum absolute atomic E-state index is 0.0479.